The Bertz CT molecular complexity index is 1230. The lowest BCUT2D eigenvalue weighted by atomic mass is 10.0. The van der Waals surface area contributed by atoms with E-state index in [0.29, 0.717) is 26.4 Å². The summed E-state index contributed by atoms with van der Waals surface area (Å²) in [7, 11) is 0. The molecule has 202 valence electrons. The van der Waals surface area contributed by atoms with Crippen LogP contribution in [0.1, 0.15) is 16.7 Å². The fourth-order valence-electron chi connectivity index (χ4n) is 4.52. The third kappa shape index (κ3) is 8.39. The van der Waals surface area contributed by atoms with Gasteiger partial charge in [-0.3, -0.25) is 0 Å². The van der Waals surface area contributed by atoms with Crippen LogP contribution in [0.3, 0.4) is 0 Å². The number of thioether (sulfide) groups is 1. The van der Waals surface area contributed by atoms with E-state index >= 15 is 0 Å². The molecule has 1 saturated heterocycles. The molecule has 0 amide bonds. The van der Waals surface area contributed by atoms with Crippen LogP contribution in [0, 0.1) is 0 Å². The van der Waals surface area contributed by atoms with Gasteiger partial charge in [-0.2, -0.15) is 0 Å². The Morgan fingerprint density at radius 2 is 1.05 bits per heavy atom. The topological polar surface area (TPSA) is 36.9 Å². The highest BCUT2D eigenvalue weighted by Gasteiger charge is 2.47. The largest absolute Gasteiger partial charge is 0.374 e. The van der Waals surface area contributed by atoms with Crippen molar-refractivity contribution in [1.29, 1.82) is 0 Å². The lowest BCUT2D eigenvalue weighted by molar-refractivity contribution is -0.199. The molecule has 0 spiro atoms. The van der Waals surface area contributed by atoms with Crippen LogP contribution < -0.4 is 0 Å². The maximum absolute atomic E-state index is 6.75. The summed E-state index contributed by atoms with van der Waals surface area (Å²) < 4.78 is 26.3. The van der Waals surface area contributed by atoms with Crippen molar-refractivity contribution < 1.29 is 18.9 Å². The van der Waals surface area contributed by atoms with E-state index in [-0.39, 0.29) is 27.7 Å². The standard InChI is InChI=1S/C33H33IO4S/c34-30-32(37-23-27-17-9-3-10-18-27)31(36-22-26-15-7-2-8-16-26)29(24-35-21-25-13-5-1-6-14-25)38-33(30)39-28-19-11-4-12-20-28/h1-20,29-33H,21-24H2/t29-,30-,31+,32-,33+/m1/s1. The molecular weight excluding hydrogens is 619 g/mol. The van der Waals surface area contributed by atoms with Crippen molar-refractivity contribution >= 4 is 34.4 Å². The first-order valence-electron chi connectivity index (χ1n) is 13.2. The zero-order chi connectivity index (χ0) is 26.7. The van der Waals surface area contributed by atoms with Gasteiger partial charge in [0.1, 0.15) is 23.7 Å². The number of ether oxygens (including phenoxy) is 4. The zero-order valence-corrected chi connectivity index (χ0v) is 24.7. The van der Waals surface area contributed by atoms with Gasteiger partial charge in [-0.15, -0.1) is 0 Å². The lowest BCUT2D eigenvalue weighted by Gasteiger charge is -2.44. The monoisotopic (exact) mass is 652 g/mol. The molecule has 5 rings (SSSR count). The number of hydrogen-bond acceptors (Lipinski definition) is 5. The van der Waals surface area contributed by atoms with Crippen LogP contribution in [0.15, 0.2) is 126 Å². The molecule has 0 aliphatic carbocycles. The number of hydrogen-bond donors (Lipinski definition) is 0. The van der Waals surface area contributed by atoms with E-state index < -0.39 is 0 Å². The Labute approximate surface area is 249 Å². The van der Waals surface area contributed by atoms with Gasteiger partial charge in [0.05, 0.1) is 30.4 Å². The van der Waals surface area contributed by atoms with E-state index in [4.69, 9.17) is 18.9 Å². The van der Waals surface area contributed by atoms with Crippen LogP contribution in [0.2, 0.25) is 0 Å². The summed E-state index contributed by atoms with van der Waals surface area (Å²) in [5.74, 6) is 0. The van der Waals surface area contributed by atoms with Gasteiger partial charge in [-0.25, -0.2) is 0 Å². The van der Waals surface area contributed by atoms with Crippen LogP contribution in [-0.4, -0.2) is 34.3 Å². The molecule has 5 atom stereocenters. The first-order chi connectivity index (χ1) is 19.3. The zero-order valence-electron chi connectivity index (χ0n) is 21.7. The third-order valence-corrected chi connectivity index (χ3v) is 9.56. The van der Waals surface area contributed by atoms with Crippen molar-refractivity contribution in [2.24, 2.45) is 0 Å². The Kier molecular flexibility index (Phi) is 10.9. The molecule has 1 aliphatic heterocycles. The molecule has 0 aromatic heterocycles. The highest BCUT2D eigenvalue weighted by Crippen LogP contribution is 2.40. The van der Waals surface area contributed by atoms with Gasteiger partial charge in [0.2, 0.25) is 0 Å². The van der Waals surface area contributed by atoms with E-state index in [1.807, 2.05) is 60.7 Å². The van der Waals surface area contributed by atoms with Gasteiger partial charge < -0.3 is 18.9 Å². The molecule has 0 unspecified atom stereocenters. The summed E-state index contributed by atoms with van der Waals surface area (Å²) in [6.07, 6.45) is -0.764. The fraction of sp³-hybridized carbons (Fsp3) is 0.273. The number of rotatable bonds is 12. The van der Waals surface area contributed by atoms with Crippen molar-refractivity contribution in [1.82, 2.24) is 0 Å². The van der Waals surface area contributed by atoms with Crippen molar-refractivity contribution in [2.75, 3.05) is 6.61 Å². The summed E-state index contributed by atoms with van der Waals surface area (Å²) >= 11 is 4.21. The maximum Gasteiger partial charge on any atom is 0.122 e. The van der Waals surface area contributed by atoms with Crippen molar-refractivity contribution in [3.05, 3.63) is 138 Å². The van der Waals surface area contributed by atoms with Gasteiger partial charge in [0, 0.05) is 4.90 Å². The van der Waals surface area contributed by atoms with E-state index in [2.05, 4.69) is 83.3 Å². The molecule has 39 heavy (non-hydrogen) atoms. The molecule has 1 aliphatic rings. The Balaban J connectivity index is 1.37. The van der Waals surface area contributed by atoms with Crippen molar-refractivity contribution in [2.45, 2.75) is 52.4 Å². The SMILES string of the molecule is I[C@@H]1[C@@H](OCc2ccccc2)[C@@H](OCc2ccccc2)[C@@H](COCc2ccccc2)O[C@H]1Sc1ccccc1. The highest BCUT2D eigenvalue weighted by atomic mass is 127. The predicted molar refractivity (Wildman–Crippen MR) is 165 cm³/mol. The molecule has 4 aromatic rings. The summed E-state index contributed by atoms with van der Waals surface area (Å²) in [6, 6.07) is 41.2. The molecular formula is C33H33IO4S. The van der Waals surface area contributed by atoms with Crippen LogP contribution in [0.25, 0.3) is 0 Å². The molecule has 0 bridgehead atoms. The Hall–Kier alpha value is -2.20. The molecule has 0 radical (unpaired) electrons. The lowest BCUT2D eigenvalue weighted by Crippen LogP contribution is -2.57. The average molecular weight is 653 g/mol. The smallest absolute Gasteiger partial charge is 0.122 e. The second kappa shape index (κ2) is 15.0. The van der Waals surface area contributed by atoms with Gasteiger partial charge in [0.15, 0.2) is 0 Å². The van der Waals surface area contributed by atoms with Gasteiger partial charge in [0.25, 0.3) is 0 Å². The molecule has 0 saturated carbocycles. The Morgan fingerprint density at radius 3 is 1.59 bits per heavy atom. The Morgan fingerprint density at radius 1 is 0.590 bits per heavy atom. The van der Waals surface area contributed by atoms with Crippen LogP contribution in [-0.2, 0) is 38.8 Å². The van der Waals surface area contributed by atoms with Crippen molar-refractivity contribution in [3.8, 4) is 0 Å². The maximum atomic E-state index is 6.75. The van der Waals surface area contributed by atoms with Gasteiger partial charge in [-0.05, 0) is 28.8 Å². The molecule has 1 fully saturated rings. The van der Waals surface area contributed by atoms with Crippen molar-refractivity contribution in [3.63, 3.8) is 0 Å². The predicted octanol–water partition coefficient (Wildman–Crippen LogP) is 7.69. The quantitative estimate of drug-likeness (QED) is 0.116. The second-order valence-electron chi connectivity index (χ2n) is 9.44. The summed E-state index contributed by atoms with van der Waals surface area (Å²) in [4.78, 5) is 1.17. The number of halogens is 1. The van der Waals surface area contributed by atoms with E-state index in [9.17, 15) is 0 Å². The minimum Gasteiger partial charge on any atom is -0.374 e. The van der Waals surface area contributed by atoms with Gasteiger partial charge >= 0.3 is 0 Å². The molecule has 4 aromatic carbocycles. The summed E-state index contributed by atoms with van der Waals surface area (Å²) in [5, 5.41) is 0. The van der Waals surface area contributed by atoms with Crippen LogP contribution in [0.4, 0.5) is 0 Å². The van der Waals surface area contributed by atoms with E-state index in [1.54, 1.807) is 11.8 Å². The summed E-state index contributed by atoms with van der Waals surface area (Å²) in [5.41, 5.74) is 3.28. The minimum atomic E-state index is -0.292. The van der Waals surface area contributed by atoms with Crippen LogP contribution in [0.5, 0.6) is 0 Å². The molecule has 1 heterocycles. The molecule has 0 N–H and O–H groups in total. The van der Waals surface area contributed by atoms with Gasteiger partial charge in [-0.1, -0.05) is 144 Å². The van der Waals surface area contributed by atoms with E-state index in [0.717, 1.165) is 16.7 Å². The first-order valence-corrected chi connectivity index (χ1v) is 15.3. The number of benzene rings is 4. The summed E-state index contributed by atoms with van der Waals surface area (Å²) in [6.45, 7) is 1.92. The molecule has 6 heteroatoms. The highest BCUT2D eigenvalue weighted by molar-refractivity contribution is 14.1. The second-order valence-corrected chi connectivity index (χ2v) is 12.1. The average Bonchev–Trinajstić information content (AvgIpc) is 2.99. The van der Waals surface area contributed by atoms with Crippen LogP contribution >= 0.6 is 34.4 Å². The number of alkyl halides is 1. The third-order valence-electron chi connectivity index (χ3n) is 6.53. The minimum absolute atomic E-state index is 0.0580. The normalized spacial score (nSPS) is 22.9. The molecule has 4 nitrogen and oxygen atoms in total. The first kappa shape index (κ1) is 28.3. The fourth-order valence-corrected chi connectivity index (χ4v) is 6.81. The van der Waals surface area contributed by atoms with E-state index in [1.165, 1.54) is 4.90 Å².